The highest BCUT2D eigenvalue weighted by Gasteiger charge is 2.29. The Hall–Kier alpha value is -2.48. The maximum atomic E-state index is 11.7. The summed E-state index contributed by atoms with van der Waals surface area (Å²) in [5.41, 5.74) is 0.852. The second kappa shape index (κ2) is 5.49. The fourth-order valence-corrected chi connectivity index (χ4v) is 2.17. The molecule has 1 N–H and O–H groups in total. The molecule has 2 saturated heterocycles. The highest BCUT2D eigenvalue weighted by Crippen LogP contribution is 2.16. The number of ether oxygens (including phenoxy) is 1. The van der Waals surface area contributed by atoms with Crippen LogP contribution in [-0.2, 0) is 9.53 Å². The van der Waals surface area contributed by atoms with Gasteiger partial charge in [-0.2, -0.15) is 0 Å². The molecule has 3 rings (SSSR count). The van der Waals surface area contributed by atoms with Crippen LogP contribution in [0.3, 0.4) is 0 Å². The number of imide groups is 1. The standard InChI is InChI=1S/C13H15N5O3/c1-17-10(11(19)16-13(17)20)8-9-2-3-14-12(15-9)18-4-6-21-7-5-18/h2-3,8H,4-7H2,1H3,(H,16,19,20). The van der Waals surface area contributed by atoms with Crippen LogP contribution in [0.25, 0.3) is 6.08 Å². The smallest absolute Gasteiger partial charge is 0.328 e. The van der Waals surface area contributed by atoms with Crippen LogP contribution >= 0.6 is 0 Å². The molecular weight excluding hydrogens is 274 g/mol. The zero-order valence-electron chi connectivity index (χ0n) is 11.6. The number of aromatic nitrogens is 2. The molecule has 0 radical (unpaired) electrons. The van der Waals surface area contributed by atoms with Crippen molar-refractivity contribution < 1.29 is 14.3 Å². The normalized spacial score (nSPS) is 21.1. The van der Waals surface area contributed by atoms with Crippen LogP contribution in [0.2, 0.25) is 0 Å². The Labute approximate surface area is 121 Å². The van der Waals surface area contributed by atoms with Crippen molar-refractivity contribution in [3.63, 3.8) is 0 Å². The number of morpholine rings is 1. The lowest BCUT2D eigenvalue weighted by Gasteiger charge is -2.26. The van der Waals surface area contributed by atoms with Crippen molar-refractivity contribution in [1.82, 2.24) is 20.2 Å². The minimum atomic E-state index is -0.436. The average molecular weight is 289 g/mol. The molecule has 2 aliphatic heterocycles. The molecule has 0 aliphatic carbocycles. The lowest BCUT2D eigenvalue weighted by atomic mass is 10.3. The highest BCUT2D eigenvalue weighted by atomic mass is 16.5. The van der Waals surface area contributed by atoms with Gasteiger partial charge in [0.2, 0.25) is 5.95 Å². The summed E-state index contributed by atoms with van der Waals surface area (Å²) in [5.74, 6) is 0.175. The summed E-state index contributed by atoms with van der Waals surface area (Å²) < 4.78 is 5.29. The Balaban J connectivity index is 1.86. The second-order valence-electron chi connectivity index (χ2n) is 4.73. The molecule has 0 saturated carbocycles. The van der Waals surface area contributed by atoms with E-state index in [1.165, 1.54) is 11.9 Å². The third kappa shape index (κ3) is 2.70. The molecule has 21 heavy (non-hydrogen) atoms. The molecule has 1 aromatic rings. The predicted molar refractivity (Wildman–Crippen MR) is 74.3 cm³/mol. The van der Waals surface area contributed by atoms with Crippen molar-refractivity contribution in [1.29, 1.82) is 0 Å². The Bertz CT molecular complexity index is 610. The molecule has 8 nitrogen and oxygen atoms in total. The van der Waals surface area contributed by atoms with Gasteiger partial charge in [-0.1, -0.05) is 0 Å². The number of carbonyl (C=O) groups is 2. The minimum Gasteiger partial charge on any atom is -0.378 e. The molecule has 0 bridgehead atoms. The summed E-state index contributed by atoms with van der Waals surface area (Å²) in [6.07, 6.45) is 3.21. The maximum absolute atomic E-state index is 11.7. The number of rotatable bonds is 2. The highest BCUT2D eigenvalue weighted by molar-refractivity contribution is 6.13. The number of hydrogen-bond acceptors (Lipinski definition) is 6. The van der Waals surface area contributed by atoms with E-state index >= 15 is 0 Å². The topological polar surface area (TPSA) is 87.7 Å². The van der Waals surface area contributed by atoms with Crippen molar-refractivity contribution in [3.05, 3.63) is 23.7 Å². The van der Waals surface area contributed by atoms with Crippen LogP contribution in [-0.4, -0.2) is 60.2 Å². The number of anilines is 1. The number of nitrogens with one attached hydrogen (secondary N) is 1. The second-order valence-corrected chi connectivity index (χ2v) is 4.73. The summed E-state index contributed by atoms with van der Waals surface area (Å²) in [7, 11) is 1.54. The summed E-state index contributed by atoms with van der Waals surface area (Å²) in [6, 6.07) is 1.26. The van der Waals surface area contributed by atoms with Crippen LogP contribution < -0.4 is 10.2 Å². The Morgan fingerprint density at radius 1 is 1.33 bits per heavy atom. The van der Waals surface area contributed by atoms with Crippen molar-refractivity contribution in [2.24, 2.45) is 0 Å². The molecule has 0 unspecified atom stereocenters. The first-order valence-corrected chi connectivity index (χ1v) is 6.61. The molecule has 0 spiro atoms. The van der Waals surface area contributed by atoms with E-state index in [0.717, 1.165) is 13.1 Å². The fourth-order valence-electron chi connectivity index (χ4n) is 2.17. The van der Waals surface area contributed by atoms with Gasteiger partial charge < -0.3 is 9.64 Å². The molecule has 0 aromatic carbocycles. The average Bonchev–Trinajstić information content (AvgIpc) is 2.75. The molecule has 8 heteroatoms. The largest absolute Gasteiger partial charge is 0.378 e. The van der Waals surface area contributed by atoms with Crippen LogP contribution in [0.1, 0.15) is 5.69 Å². The summed E-state index contributed by atoms with van der Waals surface area (Å²) in [4.78, 5) is 35.0. The van der Waals surface area contributed by atoms with Crippen molar-refractivity contribution in [2.75, 3.05) is 38.3 Å². The number of likely N-dealkylation sites (N-methyl/N-ethyl adjacent to an activating group) is 1. The zero-order chi connectivity index (χ0) is 14.8. The van der Waals surface area contributed by atoms with E-state index in [1.807, 2.05) is 4.90 Å². The number of nitrogens with zero attached hydrogens (tertiary/aromatic N) is 4. The third-order valence-corrected chi connectivity index (χ3v) is 3.36. The fraction of sp³-hybridized carbons (Fsp3) is 0.385. The molecule has 110 valence electrons. The summed E-state index contributed by atoms with van der Waals surface area (Å²) in [5, 5.41) is 2.22. The number of urea groups is 1. The van der Waals surface area contributed by atoms with Gasteiger partial charge in [0.15, 0.2) is 0 Å². The van der Waals surface area contributed by atoms with Crippen LogP contribution in [0, 0.1) is 0 Å². The summed E-state index contributed by atoms with van der Waals surface area (Å²) >= 11 is 0. The van der Waals surface area contributed by atoms with Gasteiger partial charge in [-0.15, -0.1) is 0 Å². The SMILES string of the molecule is CN1C(=O)NC(=O)C1=Cc1ccnc(N2CCOCC2)n1. The zero-order valence-corrected chi connectivity index (χ0v) is 11.6. The Kier molecular flexibility index (Phi) is 3.53. The van der Waals surface area contributed by atoms with E-state index in [0.29, 0.717) is 24.9 Å². The van der Waals surface area contributed by atoms with Crippen LogP contribution in [0.5, 0.6) is 0 Å². The van der Waals surface area contributed by atoms with Gasteiger partial charge in [-0.05, 0) is 12.1 Å². The molecule has 2 aliphatic rings. The number of amides is 3. The first-order chi connectivity index (χ1) is 10.1. The molecule has 1 aromatic heterocycles. The van der Waals surface area contributed by atoms with Crippen molar-refractivity contribution in [3.8, 4) is 0 Å². The lowest BCUT2D eigenvalue weighted by Crippen LogP contribution is -2.37. The van der Waals surface area contributed by atoms with Crippen LogP contribution in [0.15, 0.2) is 18.0 Å². The monoisotopic (exact) mass is 289 g/mol. The van der Waals surface area contributed by atoms with Crippen molar-refractivity contribution >= 4 is 24.0 Å². The molecule has 3 amide bonds. The Morgan fingerprint density at radius 2 is 2.10 bits per heavy atom. The van der Waals surface area contributed by atoms with E-state index in [4.69, 9.17) is 4.74 Å². The van der Waals surface area contributed by atoms with Gasteiger partial charge in [-0.25, -0.2) is 14.8 Å². The van der Waals surface area contributed by atoms with E-state index in [-0.39, 0.29) is 5.70 Å². The number of hydrogen-bond donors (Lipinski definition) is 1. The van der Waals surface area contributed by atoms with Crippen molar-refractivity contribution in [2.45, 2.75) is 0 Å². The van der Waals surface area contributed by atoms with Gasteiger partial charge in [-0.3, -0.25) is 15.0 Å². The maximum Gasteiger partial charge on any atom is 0.328 e. The Morgan fingerprint density at radius 3 is 2.76 bits per heavy atom. The molecule has 0 atom stereocenters. The molecule has 2 fully saturated rings. The lowest BCUT2D eigenvalue weighted by molar-refractivity contribution is -0.115. The molecule has 3 heterocycles. The predicted octanol–water partition coefficient (Wildman–Crippen LogP) is -0.164. The van der Waals surface area contributed by atoms with Gasteiger partial charge >= 0.3 is 6.03 Å². The van der Waals surface area contributed by atoms with Crippen LogP contribution in [0.4, 0.5) is 10.7 Å². The van der Waals surface area contributed by atoms with Gasteiger partial charge in [0.25, 0.3) is 5.91 Å². The molecular formula is C13H15N5O3. The summed E-state index contributed by atoms with van der Waals surface area (Å²) in [6.45, 7) is 2.76. The first-order valence-electron chi connectivity index (χ1n) is 6.61. The van der Waals surface area contributed by atoms with Gasteiger partial charge in [0.05, 0.1) is 18.9 Å². The minimum absolute atomic E-state index is 0.270. The quantitative estimate of drug-likeness (QED) is 0.601. The first kappa shape index (κ1) is 13.5. The van der Waals surface area contributed by atoms with Gasteiger partial charge in [0, 0.05) is 26.3 Å². The van der Waals surface area contributed by atoms with E-state index in [2.05, 4.69) is 15.3 Å². The van der Waals surface area contributed by atoms with E-state index < -0.39 is 11.9 Å². The van der Waals surface area contributed by atoms with E-state index in [1.54, 1.807) is 18.3 Å². The van der Waals surface area contributed by atoms with E-state index in [9.17, 15) is 9.59 Å². The third-order valence-electron chi connectivity index (χ3n) is 3.36. The number of carbonyl (C=O) groups excluding carboxylic acids is 2. The van der Waals surface area contributed by atoms with Gasteiger partial charge in [0.1, 0.15) is 5.70 Å².